The second-order valence-electron chi connectivity index (χ2n) is 3.98. The zero-order valence-corrected chi connectivity index (χ0v) is 12.6. The summed E-state index contributed by atoms with van der Waals surface area (Å²) in [6.07, 6.45) is 0. The summed E-state index contributed by atoms with van der Waals surface area (Å²) in [7, 11) is 0. The minimum absolute atomic E-state index is 0.362. The average molecular weight is 326 g/mol. The number of para-hydroxylation sites is 1. The van der Waals surface area contributed by atoms with E-state index in [1.165, 1.54) is 8.66 Å². The van der Waals surface area contributed by atoms with E-state index in [0.717, 1.165) is 12.3 Å². The van der Waals surface area contributed by atoms with Crippen molar-refractivity contribution in [2.45, 2.75) is 13.0 Å². The Morgan fingerprint density at radius 3 is 2.67 bits per heavy atom. The van der Waals surface area contributed by atoms with Crippen LogP contribution < -0.4 is 10.1 Å². The van der Waals surface area contributed by atoms with Crippen molar-refractivity contribution in [3.05, 3.63) is 51.1 Å². The van der Waals surface area contributed by atoms with Crippen molar-refractivity contribution in [3.8, 4) is 5.75 Å². The molecule has 0 saturated carbocycles. The van der Waals surface area contributed by atoms with Gasteiger partial charge in [0.15, 0.2) is 0 Å². The molecule has 0 fully saturated rings. The minimum Gasteiger partial charge on any atom is -0.492 e. The predicted octanol–water partition coefficient (Wildman–Crippen LogP) is 4.24. The van der Waals surface area contributed by atoms with Crippen LogP contribution in [0, 0.1) is 0 Å². The van der Waals surface area contributed by atoms with Gasteiger partial charge in [-0.15, -0.1) is 11.3 Å². The van der Waals surface area contributed by atoms with Crippen molar-refractivity contribution in [1.82, 2.24) is 5.32 Å². The lowest BCUT2D eigenvalue weighted by molar-refractivity contribution is 0.308. The molecule has 4 heteroatoms. The Hall–Kier alpha value is -0.840. The van der Waals surface area contributed by atoms with Gasteiger partial charge in [0, 0.05) is 17.5 Å². The first kappa shape index (κ1) is 13.6. The minimum atomic E-state index is 0.362. The van der Waals surface area contributed by atoms with Crippen LogP contribution in [0.3, 0.4) is 0 Å². The predicted molar refractivity (Wildman–Crippen MR) is 80.4 cm³/mol. The largest absolute Gasteiger partial charge is 0.492 e. The van der Waals surface area contributed by atoms with E-state index < -0.39 is 0 Å². The molecule has 0 bridgehead atoms. The lowest BCUT2D eigenvalue weighted by Gasteiger charge is -2.12. The fraction of sp³-hybridized carbons (Fsp3) is 0.286. The van der Waals surface area contributed by atoms with E-state index in [-0.39, 0.29) is 0 Å². The summed E-state index contributed by atoms with van der Waals surface area (Å²) >= 11 is 5.24. The second-order valence-corrected chi connectivity index (χ2v) is 6.47. The van der Waals surface area contributed by atoms with Crippen LogP contribution in [0.15, 0.2) is 46.3 Å². The molecule has 18 heavy (non-hydrogen) atoms. The van der Waals surface area contributed by atoms with Gasteiger partial charge in [-0.25, -0.2) is 0 Å². The highest BCUT2D eigenvalue weighted by Gasteiger charge is 2.06. The fourth-order valence-electron chi connectivity index (χ4n) is 1.62. The van der Waals surface area contributed by atoms with E-state index in [2.05, 4.69) is 40.3 Å². The van der Waals surface area contributed by atoms with E-state index in [0.29, 0.717) is 12.6 Å². The highest BCUT2D eigenvalue weighted by atomic mass is 79.9. The van der Waals surface area contributed by atoms with Crippen molar-refractivity contribution in [1.29, 1.82) is 0 Å². The normalized spacial score (nSPS) is 12.3. The Balaban J connectivity index is 1.69. The van der Waals surface area contributed by atoms with Crippen LogP contribution in [-0.2, 0) is 0 Å². The highest BCUT2D eigenvalue weighted by Crippen LogP contribution is 2.26. The van der Waals surface area contributed by atoms with E-state index in [9.17, 15) is 0 Å². The number of nitrogens with one attached hydrogen (secondary N) is 1. The van der Waals surface area contributed by atoms with Crippen molar-refractivity contribution in [2.75, 3.05) is 13.2 Å². The molecular formula is C14H16BrNOS. The van der Waals surface area contributed by atoms with Crippen LogP contribution in [0.5, 0.6) is 5.75 Å². The number of hydrogen-bond acceptors (Lipinski definition) is 3. The van der Waals surface area contributed by atoms with Gasteiger partial charge in [0.05, 0.1) is 3.79 Å². The molecule has 0 saturated heterocycles. The Bertz CT molecular complexity index is 472. The molecule has 2 rings (SSSR count). The smallest absolute Gasteiger partial charge is 0.119 e. The third-order valence-electron chi connectivity index (χ3n) is 2.59. The second kappa shape index (κ2) is 6.92. The summed E-state index contributed by atoms with van der Waals surface area (Å²) in [5.41, 5.74) is 0. The molecule has 0 spiro atoms. The molecular weight excluding hydrogens is 310 g/mol. The molecule has 0 radical (unpaired) electrons. The van der Waals surface area contributed by atoms with Crippen molar-refractivity contribution in [3.63, 3.8) is 0 Å². The summed E-state index contributed by atoms with van der Waals surface area (Å²) in [5, 5.41) is 3.45. The quantitative estimate of drug-likeness (QED) is 0.802. The van der Waals surface area contributed by atoms with Gasteiger partial charge < -0.3 is 10.1 Å². The van der Waals surface area contributed by atoms with E-state index >= 15 is 0 Å². The molecule has 1 aromatic heterocycles. The van der Waals surface area contributed by atoms with Gasteiger partial charge in [0.1, 0.15) is 12.4 Å². The Labute approximate surface area is 120 Å². The molecule has 0 aliphatic heterocycles. The maximum absolute atomic E-state index is 5.63. The Morgan fingerprint density at radius 1 is 1.22 bits per heavy atom. The average Bonchev–Trinajstić information content (AvgIpc) is 2.82. The van der Waals surface area contributed by atoms with E-state index in [1.807, 2.05) is 30.3 Å². The maximum Gasteiger partial charge on any atom is 0.119 e. The number of rotatable bonds is 6. The lowest BCUT2D eigenvalue weighted by Crippen LogP contribution is -2.23. The standard InChI is InChI=1S/C14H16BrNOS/c1-11(13-7-8-14(15)18-13)16-9-10-17-12-5-3-2-4-6-12/h2-8,11,16H,9-10H2,1H3. The number of ether oxygens (including phenoxy) is 1. The number of thiophene rings is 1. The van der Waals surface area contributed by atoms with Crippen molar-refractivity contribution >= 4 is 27.3 Å². The fourth-order valence-corrected chi connectivity index (χ4v) is 3.07. The highest BCUT2D eigenvalue weighted by molar-refractivity contribution is 9.11. The van der Waals surface area contributed by atoms with Crippen LogP contribution in [0.2, 0.25) is 0 Å². The molecule has 1 N–H and O–H groups in total. The summed E-state index contributed by atoms with van der Waals surface area (Å²) < 4.78 is 6.80. The molecule has 1 unspecified atom stereocenters. The van der Waals surface area contributed by atoms with Crippen molar-refractivity contribution < 1.29 is 4.74 Å². The first-order valence-corrected chi connectivity index (χ1v) is 7.53. The number of hydrogen-bond donors (Lipinski definition) is 1. The SMILES string of the molecule is CC(NCCOc1ccccc1)c1ccc(Br)s1. The van der Waals surface area contributed by atoms with E-state index in [4.69, 9.17) is 4.74 Å². The summed E-state index contributed by atoms with van der Waals surface area (Å²) in [4.78, 5) is 1.33. The molecule has 2 aromatic rings. The molecule has 1 aromatic carbocycles. The van der Waals surface area contributed by atoms with Gasteiger partial charge in [-0.05, 0) is 47.1 Å². The number of halogens is 1. The van der Waals surface area contributed by atoms with E-state index in [1.54, 1.807) is 11.3 Å². The van der Waals surface area contributed by atoms with Crippen LogP contribution in [0.25, 0.3) is 0 Å². The topological polar surface area (TPSA) is 21.3 Å². The molecule has 0 amide bonds. The van der Waals surface area contributed by atoms with Gasteiger partial charge in [-0.3, -0.25) is 0 Å². The third kappa shape index (κ3) is 4.12. The first-order valence-electron chi connectivity index (χ1n) is 5.92. The molecule has 0 aliphatic carbocycles. The zero-order valence-electron chi connectivity index (χ0n) is 10.2. The zero-order chi connectivity index (χ0) is 12.8. The molecule has 2 nitrogen and oxygen atoms in total. The Morgan fingerprint density at radius 2 is 2.00 bits per heavy atom. The van der Waals surface area contributed by atoms with Crippen molar-refractivity contribution in [2.24, 2.45) is 0 Å². The van der Waals surface area contributed by atoms with Gasteiger partial charge in [0.2, 0.25) is 0 Å². The summed E-state index contributed by atoms with van der Waals surface area (Å²) in [5.74, 6) is 0.922. The van der Waals surface area contributed by atoms with Gasteiger partial charge >= 0.3 is 0 Å². The maximum atomic E-state index is 5.63. The molecule has 1 heterocycles. The molecule has 0 aliphatic rings. The lowest BCUT2D eigenvalue weighted by atomic mass is 10.3. The van der Waals surface area contributed by atoms with Crippen LogP contribution in [-0.4, -0.2) is 13.2 Å². The third-order valence-corrected chi connectivity index (χ3v) is 4.39. The first-order chi connectivity index (χ1) is 8.75. The van der Waals surface area contributed by atoms with Crippen LogP contribution in [0.1, 0.15) is 17.8 Å². The summed E-state index contributed by atoms with van der Waals surface area (Å²) in [6.45, 7) is 3.69. The molecule has 96 valence electrons. The molecule has 1 atom stereocenters. The van der Waals surface area contributed by atoms with Crippen LogP contribution >= 0.6 is 27.3 Å². The van der Waals surface area contributed by atoms with Gasteiger partial charge in [-0.1, -0.05) is 18.2 Å². The Kier molecular flexibility index (Phi) is 5.23. The monoisotopic (exact) mass is 325 g/mol. The van der Waals surface area contributed by atoms with Crippen LogP contribution in [0.4, 0.5) is 0 Å². The van der Waals surface area contributed by atoms with Gasteiger partial charge in [0.25, 0.3) is 0 Å². The van der Waals surface area contributed by atoms with Gasteiger partial charge in [-0.2, -0.15) is 0 Å². The number of benzene rings is 1. The summed E-state index contributed by atoms with van der Waals surface area (Å²) in [6, 6.07) is 14.5.